The number of hydrogen-bond donors (Lipinski definition) is 1. The summed E-state index contributed by atoms with van der Waals surface area (Å²) in [5.74, 6) is -2.43. The van der Waals surface area contributed by atoms with E-state index in [2.05, 4.69) is 9.71 Å². The Labute approximate surface area is 156 Å². The molecule has 3 atom stereocenters. The van der Waals surface area contributed by atoms with Gasteiger partial charge in [0.15, 0.2) is 11.5 Å². The number of aromatic nitrogens is 1. The van der Waals surface area contributed by atoms with Gasteiger partial charge in [0.25, 0.3) is 16.1 Å². The molecule has 1 unspecified atom stereocenters. The van der Waals surface area contributed by atoms with E-state index in [1.54, 1.807) is 0 Å². The van der Waals surface area contributed by atoms with Gasteiger partial charge in [-0.05, 0) is 37.5 Å². The molecular weight excluding hydrogens is 378 g/mol. The zero-order valence-electron chi connectivity index (χ0n) is 14.8. The molecule has 1 aromatic rings. The first-order valence-corrected chi connectivity index (χ1v) is 10.7. The van der Waals surface area contributed by atoms with Gasteiger partial charge in [0.05, 0.1) is 6.20 Å². The lowest BCUT2D eigenvalue weighted by atomic mass is 9.93. The Bertz CT molecular complexity index is 831. The molecule has 148 valence electrons. The van der Waals surface area contributed by atoms with Gasteiger partial charge in [0, 0.05) is 38.3 Å². The van der Waals surface area contributed by atoms with E-state index in [4.69, 9.17) is 0 Å². The van der Waals surface area contributed by atoms with E-state index in [0.29, 0.717) is 32.2 Å². The van der Waals surface area contributed by atoms with Gasteiger partial charge in [-0.25, -0.2) is 13.8 Å². The van der Waals surface area contributed by atoms with Gasteiger partial charge in [-0.15, -0.1) is 0 Å². The summed E-state index contributed by atoms with van der Waals surface area (Å²) in [7, 11) is -3.52. The van der Waals surface area contributed by atoms with Crippen molar-refractivity contribution in [1.29, 1.82) is 0 Å². The van der Waals surface area contributed by atoms with Crippen LogP contribution in [0.25, 0.3) is 0 Å². The van der Waals surface area contributed by atoms with E-state index in [-0.39, 0.29) is 17.9 Å². The maximum atomic E-state index is 13.9. The van der Waals surface area contributed by atoms with Gasteiger partial charge in [-0.2, -0.15) is 17.4 Å². The third-order valence-corrected chi connectivity index (χ3v) is 7.44. The third kappa shape index (κ3) is 3.57. The van der Waals surface area contributed by atoms with Crippen molar-refractivity contribution in [2.75, 3.05) is 26.2 Å². The lowest BCUT2D eigenvalue weighted by Crippen LogP contribution is -2.56. The summed E-state index contributed by atoms with van der Waals surface area (Å²) in [6.07, 6.45) is 4.18. The van der Waals surface area contributed by atoms with Gasteiger partial charge in [0.1, 0.15) is 5.82 Å². The fraction of sp³-hybridized carbons (Fsp3) is 0.647. The number of halogens is 2. The molecule has 2 aliphatic heterocycles. The molecule has 4 rings (SSSR count). The maximum Gasteiger partial charge on any atom is 0.279 e. The highest BCUT2D eigenvalue weighted by Crippen LogP contribution is 2.38. The molecule has 1 aromatic heterocycles. The summed E-state index contributed by atoms with van der Waals surface area (Å²) < 4.78 is 56.4. The van der Waals surface area contributed by atoms with Gasteiger partial charge < -0.3 is 4.90 Å². The van der Waals surface area contributed by atoms with Crippen molar-refractivity contribution in [1.82, 2.24) is 18.9 Å². The van der Waals surface area contributed by atoms with Crippen LogP contribution < -0.4 is 4.72 Å². The van der Waals surface area contributed by atoms with Crippen LogP contribution in [0.4, 0.5) is 8.78 Å². The number of fused-ring (bicyclic) bond motifs is 2. The van der Waals surface area contributed by atoms with E-state index in [0.717, 1.165) is 31.9 Å². The van der Waals surface area contributed by atoms with Crippen molar-refractivity contribution in [3.8, 4) is 0 Å². The Kier molecular flexibility index (Phi) is 4.89. The summed E-state index contributed by atoms with van der Waals surface area (Å²) in [6.45, 7) is 1.75. The van der Waals surface area contributed by atoms with Crippen molar-refractivity contribution in [3.63, 3.8) is 0 Å². The Morgan fingerprint density at radius 2 is 1.78 bits per heavy atom. The summed E-state index contributed by atoms with van der Waals surface area (Å²) in [6, 6.07) is 0.428. The fourth-order valence-electron chi connectivity index (χ4n) is 4.48. The molecule has 1 aliphatic carbocycles. The number of nitrogens with one attached hydrogen (secondary N) is 1. The predicted octanol–water partition coefficient (Wildman–Crippen LogP) is 1.14. The van der Waals surface area contributed by atoms with Crippen molar-refractivity contribution in [2.45, 2.75) is 31.7 Å². The van der Waals surface area contributed by atoms with Crippen LogP contribution in [-0.4, -0.2) is 60.7 Å². The smallest absolute Gasteiger partial charge is 0.279 e. The highest BCUT2D eigenvalue weighted by Gasteiger charge is 2.46. The highest BCUT2D eigenvalue weighted by molar-refractivity contribution is 7.87. The quantitative estimate of drug-likeness (QED) is 0.822. The van der Waals surface area contributed by atoms with Crippen LogP contribution in [0.5, 0.6) is 0 Å². The monoisotopic (exact) mass is 400 g/mol. The van der Waals surface area contributed by atoms with E-state index >= 15 is 0 Å². The van der Waals surface area contributed by atoms with Crippen molar-refractivity contribution in [2.24, 2.45) is 11.8 Å². The fourth-order valence-corrected chi connectivity index (χ4v) is 6.09. The first-order valence-electron chi connectivity index (χ1n) is 9.23. The summed E-state index contributed by atoms with van der Waals surface area (Å²) >= 11 is 0. The second kappa shape index (κ2) is 7.06. The van der Waals surface area contributed by atoms with Gasteiger partial charge >= 0.3 is 0 Å². The van der Waals surface area contributed by atoms with Crippen LogP contribution in [0.15, 0.2) is 12.3 Å². The lowest BCUT2D eigenvalue weighted by Gasteiger charge is -2.38. The molecule has 1 amide bonds. The van der Waals surface area contributed by atoms with Crippen LogP contribution in [0.1, 0.15) is 36.2 Å². The zero-order valence-corrected chi connectivity index (χ0v) is 15.6. The number of piperidine rings is 1. The number of carbonyl (C=O) groups excluding carboxylic acids is 1. The summed E-state index contributed by atoms with van der Waals surface area (Å²) in [5, 5.41) is 0. The standard InChI is InChI=1S/C17H22F2N4O3S/c18-13-7-14(19)16(20-8-13)17(24)22-9-11-3-4-12(10-22)15(11)21-27(25,26)23-5-1-2-6-23/h7-8,11-12,15,21H,1-6,9-10H2/t11-,12+,15?. The molecular formula is C17H22F2N4O3S. The lowest BCUT2D eigenvalue weighted by molar-refractivity contribution is 0.0615. The Balaban J connectivity index is 1.46. The molecule has 3 heterocycles. The molecule has 3 aliphatic rings. The normalized spacial score (nSPS) is 28.7. The molecule has 10 heteroatoms. The average Bonchev–Trinajstić information content (AvgIpc) is 3.21. The average molecular weight is 400 g/mol. The molecule has 0 radical (unpaired) electrons. The summed E-state index contributed by atoms with van der Waals surface area (Å²) in [4.78, 5) is 17.7. The minimum absolute atomic E-state index is 0.0198. The maximum absolute atomic E-state index is 13.9. The first kappa shape index (κ1) is 18.7. The molecule has 27 heavy (non-hydrogen) atoms. The highest BCUT2D eigenvalue weighted by atomic mass is 32.2. The SMILES string of the molecule is O=C(c1ncc(F)cc1F)N1C[C@H]2CC[C@@H](C1)C2NS(=O)(=O)N1CCCC1. The first-order chi connectivity index (χ1) is 12.8. The van der Waals surface area contributed by atoms with Crippen LogP contribution >= 0.6 is 0 Å². The van der Waals surface area contributed by atoms with Gasteiger partial charge in [-0.1, -0.05) is 0 Å². The number of pyridine rings is 1. The van der Waals surface area contributed by atoms with Gasteiger partial charge in [0.2, 0.25) is 0 Å². The minimum atomic E-state index is -3.52. The number of hydrogen-bond acceptors (Lipinski definition) is 4. The molecule has 7 nitrogen and oxygen atoms in total. The Morgan fingerprint density at radius 1 is 1.15 bits per heavy atom. The number of likely N-dealkylation sites (tertiary alicyclic amines) is 1. The molecule has 1 saturated carbocycles. The van der Waals surface area contributed by atoms with E-state index in [9.17, 15) is 22.0 Å². The zero-order chi connectivity index (χ0) is 19.2. The van der Waals surface area contributed by atoms with Crippen LogP contribution in [0.3, 0.4) is 0 Å². The van der Waals surface area contributed by atoms with Crippen molar-refractivity contribution >= 4 is 16.1 Å². The molecule has 0 aromatic carbocycles. The Morgan fingerprint density at radius 3 is 2.37 bits per heavy atom. The number of carbonyl (C=O) groups is 1. The number of rotatable bonds is 4. The largest absolute Gasteiger partial charge is 0.337 e. The Hall–Kier alpha value is -1.65. The summed E-state index contributed by atoms with van der Waals surface area (Å²) in [5.41, 5.74) is -0.396. The number of nitrogens with zero attached hydrogens (tertiary/aromatic N) is 3. The second-order valence-corrected chi connectivity index (χ2v) is 9.25. The van der Waals surface area contributed by atoms with Crippen LogP contribution in [0, 0.1) is 23.5 Å². The third-order valence-electron chi connectivity index (χ3n) is 5.82. The van der Waals surface area contributed by atoms with Gasteiger partial charge in [-0.3, -0.25) is 4.79 Å². The van der Waals surface area contributed by atoms with Crippen molar-refractivity contribution < 1.29 is 22.0 Å². The molecule has 1 N–H and O–H groups in total. The van der Waals surface area contributed by atoms with Crippen molar-refractivity contribution in [3.05, 3.63) is 29.6 Å². The van der Waals surface area contributed by atoms with E-state index in [1.165, 1.54) is 9.21 Å². The van der Waals surface area contributed by atoms with E-state index < -0.39 is 33.4 Å². The molecule has 0 spiro atoms. The predicted molar refractivity (Wildman–Crippen MR) is 92.9 cm³/mol. The minimum Gasteiger partial charge on any atom is -0.337 e. The molecule has 2 bridgehead atoms. The molecule has 2 saturated heterocycles. The second-order valence-electron chi connectivity index (χ2n) is 7.55. The van der Waals surface area contributed by atoms with Crippen LogP contribution in [0.2, 0.25) is 0 Å². The molecule has 3 fully saturated rings. The number of amides is 1. The van der Waals surface area contributed by atoms with E-state index in [1.807, 2.05) is 0 Å². The van der Waals surface area contributed by atoms with Crippen LogP contribution in [-0.2, 0) is 10.2 Å². The topological polar surface area (TPSA) is 82.6 Å².